The highest BCUT2D eigenvalue weighted by Gasteiger charge is 1.97. The minimum absolute atomic E-state index is 0.706. The van der Waals surface area contributed by atoms with Crippen molar-refractivity contribution in [1.82, 2.24) is 4.98 Å². The van der Waals surface area contributed by atoms with Crippen LogP contribution in [0, 0.1) is 11.8 Å². The number of hydrogen-bond donors (Lipinski definition) is 1. The van der Waals surface area contributed by atoms with E-state index in [1.165, 1.54) is 0 Å². The van der Waals surface area contributed by atoms with E-state index in [2.05, 4.69) is 16.8 Å². The molecule has 1 aromatic carbocycles. The maximum Gasteiger partial charge on any atom is 0.382 e. The van der Waals surface area contributed by atoms with Crippen molar-refractivity contribution in [2.24, 2.45) is 0 Å². The van der Waals surface area contributed by atoms with E-state index in [9.17, 15) is 4.79 Å². The van der Waals surface area contributed by atoms with E-state index in [-0.39, 0.29) is 0 Å². The van der Waals surface area contributed by atoms with E-state index in [1.807, 2.05) is 18.2 Å². The normalized spacial score (nSPS) is 9.33. The van der Waals surface area contributed by atoms with Crippen molar-refractivity contribution in [3.05, 3.63) is 42.2 Å². The van der Waals surface area contributed by atoms with Crippen molar-refractivity contribution in [3.8, 4) is 11.8 Å². The van der Waals surface area contributed by atoms with E-state index in [4.69, 9.17) is 5.11 Å². The fourth-order valence-corrected chi connectivity index (χ4v) is 1.35. The lowest BCUT2D eigenvalue weighted by Gasteiger charge is -1.98. The van der Waals surface area contributed by atoms with Gasteiger partial charge >= 0.3 is 5.97 Å². The van der Waals surface area contributed by atoms with E-state index in [0.29, 0.717) is 5.56 Å². The maximum atomic E-state index is 10.3. The van der Waals surface area contributed by atoms with Crippen LogP contribution >= 0.6 is 0 Å². The van der Waals surface area contributed by atoms with Crippen molar-refractivity contribution >= 4 is 16.7 Å². The molecule has 0 radical (unpaired) electrons. The Balaban J connectivity index is 2.63. The smallest absolute Gasteiger partial charge is 0.382 e. The van der Waals surface area contributed by atoms with Crippen LogP contribution in [-0.2, 0) is 4.79 Å². The van der Waals surface area contributed by atoms with Gasteiger partial charge in [0.05, 0.1) is 0 Å². The highest BCUT2D eigenvalue weighted by Crippen LogP contribution is 2.15. The summed E-state index contributed by atoms with van der Waals surface area (Å²) in [5.41, 5.74) is 0.706. The highest BCUT2D eigenvalue weighted by atomic mass is 16.4. The molecule has 0 fully saturated rings. The third-order valence-corrected chi connectivity index (χ3v) is 1.98. The minimum Gasteiger partial charge on any atom is -0.472 e. The number of carboxylic acids is 1. The molecule has 0 spiro atoms. The molecule has 0 amide bonds. The summed E-state index contributed by atoms with van der Waals surface area (Å²) in [7, 11) is 0. The van der Waals surface area contributed by atoms with Crippen LogP contribution in [0.25, 0.3) is 10.8 Å². The molecule has 0 aliphatic carbocycles. The zero-order chi connectivity index (χ0) is 10.7. The first-order valence-electron chi connectivity index (χ1n) is 4.35. The van der Waals surface area contributed by atoms with E-state index < -0.39 is 5.97 Å². The summed E-state index contributed by atoms with van der Waals surface area (Å²) >= 11 is 0. The number of fused-ring (bicyclic) bond motifs is 1. The number of nitrogens with zero attached hydrogens (tertiary/aromatic N) is 1. The molecule has 3 nitrogen and oxygen atoms in total. The van der Waals surface area contributed by atoms with Gasteiger partial charge in [-0.15, -0.1) is 0 Å². The zero-order valence-electron chi connectivity index (χ0n) is 7.77. The predicted molar refractivity (Wildman–Crippen MR) is 56.3 cm³/mol. The summed E-state index contributed by atoms with van der Waals surface area (Å²) in [5.74, 6) is 3.59. The van der Waals surface area contributed by atoms with Crippen molar-refractivity contribution in [2.45, 2.75) is 0 Å². The first kappa shape index (κ1) is 9.22. The molecule has 72 valence electrons. The van der Waals surface area contributed by atoms with Gasteiger partial charge in [0.15, 0.2) is 0 Å². The summed E-state index contributed by atoms with van der Waals surface area (Å²) in [6.45, 7) is 0. The van der Waals surface area contributed by atoms with Crippen LogP contribution in [0.1, 0.15) is 5.56 Å². The topological polar surface area (TPSA) is 50.2 Å². The monoisotopic (exact) mass is 197 g/mol. The van der Waals surface area contributed by atoms with Crippen molar-refractivity contribution in [3.63, 3.8) is 0 Å². The third kappa shape index (κ3) is 1.94. The van der Waals surface area contributed by atoms with Gasteiger partial charge in [-0.25, -0.2) is 4.79 Å². The number of rotatable bonds is 0. The zero-order valence-corrected chi connectivity index (χ0v) is 7.77. The van der Waals surface area contributed by atoms with Gasteiger partial charge in [0.25, 0.3) is 0 Å². The number of hydrogen-bond acceptors (Lipinski definition) is 2. The number of carboxylic acid groups (broad SMARTS) is 1. The SMILES string of the molecule is O=C(O)C#Cc1cccc2cnccc12. The van der Waals surface area contributed by atoms with Crippen LogP contribution in [0.5, 0.6) is 0 Å². The van der Waals surface area contributed by atoms with Gasteiger partial charge in [0, 0.05) is 34.7 Å². The van der Waals surface area contributed by atoms with Crippen LogP contribution in [0.2, 0.25) is 0 Å². The van der Waals surface area contributed by atoms with Gasteiger partial charge < -0.3 is 5.11 Å². The Labute approximate surface area is 86.4 Å². The lowest BCUT2D eigenvalue weighted by Crippen LogP contribution is -1.88. The Bertz CT molecular complexity index is 573. The second-order valence-corrected chi connectivity index (χ2v) is 2.96. The third-order valence-electron chi connectivity index (χ3n) is 1.98. The summed E-state index contributed by atoms with van der Waals surface area (Å²) in [4.78, 5) is 14.3. The molecule has 1 heterocycles. The largest absolute Gasteiger partial charge is 0.472 e. The average Bonchev–Trinajstić information content (AvgIpc) is 2.26. The lowest BCUT2D eigenvalue weighted by molar-refractivity contribution is -0.130. The molecule has 0 bridgehead atoms. The Morgan fingerprint density at radius 2 is 2.20 bits per heavy atom. The Morgan fingerprint density at radius 3 is 3.00 bits per heavy atom. The molecule has 1 aromatic heterocycles. The molecule has 2 rings (SSSR count). The molecule has 0 saturated heterocycles. The van der Waals surface area contributed by atoms with Crippen molar-refractivity contribution in [1.29, 1.82) is 0 Å². The first-order valence-corrected chi connectivity index (χ1v) is 4.35. The molecule has 0 aliphatic heterocycles. The van der Waals surface area contributed by atoms with E-state index >= 15 is 0 Å². The molecular weight excluding hydrogens is 190 g/mol. The fraction of sp³-hybridized carbons (Fsp3) is 0. The Morgan fingerprint density at radius 1 is 1.33 bits per heavy atom. The van der Waals surface area contributed by atoms with Gasteiger partial charge in [0.2, 0.25) is 0 Å². The summed E-state index contributed by atoms with van der Waals surface area (Å²) < 4.78 is 0. The minimum atomic E-state index is -1.12. The number of carbonyl (C=O) groups is 1. The van der Waals surface area contributed by atoms with Crippen molar-refractivity contribution in [2.75, 3.05) is 0 Å². The molecule has 15 heavy (non-hydrogen) atoms. The van der Waals surface area contributed by atoms with Crippen LogP contribution in [0.15, 0.2) is 36.7 Å². The number of benzene rings is 1. The molecule has 0 aliphatic rings. The summed E-state index contributed by atoms with van der Waals surface area (Å²) in [6.07, 6.45) is 3.38. The fourth-order valence-electron chi connectivity index (χ4n) is 1.35. The van der Waals surface area contributed by atoms with Gasteiger partial charge in [-0.3, -0.25) is 4.98 Å². The molecule has 0 unspecified atom stereocenters. The van der Waals surface area contributed by atoms with Gasteiger partial charge in [-0.2, -0.15) is 0 Å². The summed E-state index contributed by atoms with van der Waals surface area (Å²) in [6, 6.07) is 7.35. The molecule has 1 N–H and O–H groups in total. The van der Waals surface area contributed by atoms with Crippen molar-refractivity contribution < 1.29 is 9.90 Å². The number of pyridine rings is 1. The van der Waals surface area contributed by atoms with Crippen LogP contribution < -0.4 is 0 Å². The second kappa shape index (κ2) is 3.81. The lowest BCUT2D eigenvalue weighted by atomic mass is 10.1. The standard InChI is InChI=1S/C12H7NO2/c14-12(15)5-4-9-2-1-3-10-8-13-7-6-11(9)10/h1-3,6-8H,(H,14,15). The van der Waals surface area contributed by atoms with E-state index in [0.717, 1.165) is 10.8 Å². The quantitative estimate of drug-likeness (QED) is 0.653. The maximum absolute atomic E-state index is 10.3. The van der Waals surface area contributed by atoms with Gasteiger partial charge in [-0.05, 0) is 12.1 Å². The average molecular weight is 197 g/mol. The molecule has 3 heteroatoms. The second-order valence-electron chi connectivity index (χ2n) is 2.96. The summed E-state index contributed by atoms with van der Waals surface area (Å²) in [5, 5.41) is 10.3. The number of aliphatic carboxylic acids is 1. The molecule has 0 atom stereocenters. The highest BCUT2D eigenvalue weighted by molar-refractivity contribution is 5.91. The Hall–Kier alpha value is -2.34. The van der Waals surface area contributed by atoms with Crippen LogP contribution in [0.4, 0.5) is 0 Å². The number of aromatic nitrogens is 1. The molecule has 0 saturated carbocycles. The van der Waals surface area contributed by atoms with Gasteiger partial charge in [-0.1, -0.05) is 18.1 Å². The van der Waals surface area contributed by atoms with Crippen LogP contribution in [0.3, 0.4) is 0 Å². The van der Waals surface area contributed by atoms with Crippen LogP contribution in [-0.4, -0.2) is 16.1 Å². The predicted octanol–water partition coefficient (Wildman–Crippen LogP) is 1.67. The Kier molecular flexibility index (Phi) is 2.34. The first-order chi connectivity index (χ1) is 7.27. The van der Waals surface area contributed by atoms with Gasteiger partial charge in [0.1, 0.15) is 0 Å². The van der Waals surface area contributed by atoms with E-state index in [1.54, 1.807) is 18.5 Å². The molecular formula is C12H7NO2. The molecule has 2 aromatic rings.